The lowest BCUT2D eigenvalue weighted by Crippen LogP contribution is -2.19. The molecule has 0 aromatic heterocycles. The fraction of sp³-hybridized carbons (Fsp3) is 0.368. The number of hydrogen-bond acceptors (Lipinski definition) is 1. The molecular formula is C19H24ClN. The molecule has 0 aliphatic rings. The van der Waals surface area contributed by atoms with E-state index in [1.807, 2.05) is 7.05 Å². The van der Waals surface area contributed by atoms with Gasteiger partial charge in [-0.15, -0.1) is 0 Å². The second-order valence-corrected chi connectivity index (χ2v) is 6.41. The summed E-state index contributed by atoms with van der Waals surface area (Å²) in [5.74, 6) is 0.562. The number of halogens is 1. The Labute approximate surface area is 133 Å². The average Bonchev–Trinajstić information content (AvgIpc) is 2.45. The minimum atomic E-state index is 0.196. The summed E-state index contributed by atoms with van der Waals surface area (Å²) >= 11 is 6.22. The van der Waals surface area contributed by atoms with Crippen molar-refractivity contribution in [2.45, 2.75) is 39.7 Å². The Morgan fingerprint density at radius 1 is 0.905 bits per heavy atom. The second kappa shape index (κ2) is 6.64. The molecule has 2 aromatic rings. The molecule has 0 heterocycles. The monoisotopic (exact) mass is 301 g/mol. The fourth-order valence-electron chi connectivity index (χ4n) is 2.69. The van der Waals surface area contributed by atoms with Crippen LogP contribution in [0.3, 0.4) is 0 Å². The molecular weight excluding hydrogens is 278 g/mol. The molecule has 1 unspecified atom stereocenters. The van der Waals surface area contributed by atoms with Gasteiger partial charge in [0.15, 0.2) is 0 Å². The lowest BCUT2D eigenvalue weighted by Gasteiger charge is -2.21. The van der Waals surface area contributed by atoms with Crippen molar-refractivity contribution >= 4 is 11.6 Å². The third-order valence-corrected chi connectivity index (χ3v) is 4.49. The van der Waals surface area contributed by atoms with Gasteiger partial charge in [-0.05, 0) is 60.7 Å². The van der Waals surface area contributed by atoms with E-state index in [2.05, 4.69) is 69.4 Å². The molecule has 2 rings (SSSR count). The number of benzene rings is 2. The van der Waals surface area contributed by atoms with Crippen LogP contribution < -0.4 is 5.32 Å². The molecule has 1 nitrogen and oxygen atoms in total. The molecule has 0 saturated heterocycles. The van der Waals surface area contributed by atoms with Gasteiger partial charge < -0.3 is 5.32 Å². The van der Waals surface area contributed by atoms with E-state index < -0.39 is 0 Å². The highest BCUT2D eigenvalue weighted by Crippen LogP contribution is 2.29. The molecule has 0 saturated carbocycles. The summed E-state index contributed by atoms with van der Waals surface area (Å²) in [5.41, 5.74) is 6.29. The van der Waals surface area contributed by atoms with Gasteiger partial charge >= 0.3 is 0 Å². The highest BCUT2D eigenvalue weighted by atomic mass is 35.5. The first-order valence-electron chi connectivity index (χ1n) is 7.47. The van der Waals surface area contributed by atoms with Crippen LogP contribution in [0, 0.1) is 13.8 Å². The van der Waals surface area contributed by atoms with Crippen LogP contribution in [0.1, 0.15) is 53.6 Å². The summed E-state index contributed by atoms with van der Waals surface area (Å²) in [4.78, 5) is 0. The number of rotatable bonds is 4. The summed E-state index contributed by atoms with van der Waals surface area (Å²) in [6.07, 6.45) is 0. The Kier molecular flexibility index (Phi) is 5.08. The van der Waals surface area contributed by atoms with Gasteiger partial charge in [0.05, 0.1) is 6.04 Å². The Morgan fingerprint density at radius 3 is 2.00 bits per heavy atom. The van der Waals surface area contributed by atoms with Crippen molar-refractivity contribution in [3.8, 4) is 0 Å². The second-order valence-electron chi connectivity index (χ2n) is 6.00. The normalized spacial score (nSPS) is 12.7. The van der Waals surface area contributed by atoms with Crippen LogP contribution in [0.25, 0.3) is 0 Å². The number of aryl methyl sites for hydroxylation is 2. The zero-order valence-electron chi connectivity index (χ0n) is 13.5. The fourth-order valence-corrected chi connectivity index (χ4v) is 2.91. The zero-order chi connectivity index (χ0) is 15.6. The van der Waals surface area contributed by atoms with E-state index >= 15 is 0 Å². The first kappa shape index (κ1) is 16.1. The summed E-state index contributed by atoms with van der Waals surface area (Å²) in [6.45, 7) is 8.61. The first-order chi connectivity index (χ1) is 9.93. The molecule has 0 amide bonds. The molecule has 0 radical (unpaired) electrons. The van der Waals surface area contributed by atoms with Crippen LogP contribution in [-0.4, -0.2) is 7.05 Å². The third-order valence-electron chi connectivity index (χ3n) is 4.08. The van der Waals surface area contributed by atoms with E-state index in [1.54, 1.807) is 0 Å². The molecule has 0 aliphatic carbocycles. The van der Waals surface area contributed by atoms with Gasteiger partial charge in [-0.25, -0.2) is 0 Å². The molecule has 21 heavy (non-hydrogen) atoms. The molecule has 0 aliphatic heterocycles. The minimum absolute atomic E-state index is 0.196. The predicted molar refractivity (Wildman–Crippen MR) is 92.4 cm³/mol. The summed E-state index contributed by atoms with van der Waals surface area (Å²) in [5, 5.41) is 4.26. The molecule has 0 bridgehead atoms. The zero-order valence-corrected chi connectivity index (χ0v) is 14.3. The van der Waals surface area contributed by atoms with Crippen LogP contribution in [0.15, 0.2) is 36.4 Å². The van der Waals surface area contributed by atoms with Crippen LogP contribution in [0.4, 0.5) is 0 Å². The van der Waals surface area contributed by atoms with Crippen LogP contribution in [0.2, 0.25) is 5.02 Å². The van der Waals surface area contributed by atoms with Crippen molar-refractivity contribution in [3.63, 3.8) is 0 Å². The third kappa shape index (κ3) is 3.48. The topological polar surface area (TPSA) is 12.0 Å². The standard InChI is InChI=1S/C19H24ClN/c1-12(2)15-6-8-16(9-7-15)19(21-5)17-10-14(4)18(20)11-13(17)3/h6-12,19,21H,1-5H3. The van der Waals surface area contributed by atoms with E-state index in [0.29, 0.717) is 5.92 Å². The van der Waals surface area contributed by atoms with Crippen LogP contribution in [-0.2, 0) is 0 Å². The van der Waals surface area contributed by atoms with Gasteiger partial charge in [0.2, 0.25) is 0 Å². The Bertz CT molecular complexity index is 614. The Hall–Kier alpha value is -1.31. The van der Waals surface area contributed by atoms with Gasteiger partial charge in [-0.2, -0.15) is 0 Å². The smallest absolute Gasteiger partial charge is 0.0577 e. The van der Waals surface area contributed by atoms with E-state index in [4.69, 9.17) is 11.6 Å². The van der Waals surface area contributed by atoms with Crippen molar-refractivity contribution in [3.05, 3.63) is 69.2 Å². The van der Waals surface area contributed by atoms with Gasteiger partial charge in [-0.1, -0.05) is 55.8 Å². The highest BCUT2D eigenvalue weighted by Gasteiger charge is 2.15. The minimum Gasteiger partial charge on any atom is -0.309 e. The predicted octanol–water partition coefficient (Wildman–Crippen LogP) is 5.39. The molecule has 112 valence electrons. The van der Waals surface area contributed by atoms with Gasteiger partial charge in [0.25, 0.3) is 0 Å². The number of nitrogens with one attached hydrogen (secondary N) is 1. The van der Waals surface area contributed by atoms with Gasteiger partial charge in [0.1, 0.15) is 0 Å². The van der Waals surface area contributed by atoms with Crippen molar-refractivity contribution in [1.82, 2.24) is 5.32 Å². The quantitative estimate of drug-likeness (QED) is 0.798. The van der Waals surface area contributed by atoms with E-state index in [1.165, 1.54) is 22.3 Å². The van der Waals surface area contributed by atoms with Crippen molar-refractivity contribution in [2.24, 2.45) is 0 Å². The lowest BCUT2D eigenvalue weighted by atomic mass is 9.92. The lowest BCUT2D eigenvalue weighted by molar-refractivity contribution is 0.686. The Balaban J connectivity index is 2.42. The summed E-state index contributed by atoms with van der Waals surface area (Å²) in [6, 6.07) is 13.3. The molecule has 0 fully saturated rings. The van der Waals surface area contributed by atoms with Crippen LogP contribution in [0.5, 0.6) is 0 Å². The van der Waals surface area contributed by atoms with Crippen LogP contribution >= 0.6 is 11.6 Å². The largest absolute Gasteiger partial charge is 0.309 e. The Morgan fingerprint density at radius 2 is 1.48 bits per heavy atom. The van der Waals surface area contributed by atoms with Crippen molar-refractivity contribution in [2.75, 3.05) is 7.05 Å². The van der Waals surface area contributed by atoms with Crippen molar-refractivity contribution in [1.29, 1.82) is 0 Å². The maximum atomic E-state index is 6.22. The molecule has 2 aromatic carbocycles. The first-order valence-corrected chi connectivity index (χ1v) is 7.85. The maximum Gasteiger partial charge on any atom is 0.0577 e. The molecule has 0 spiro atoms. The van der Waals surface area contributed by atoms with E-state index in [-0.39, 0.29) is 6.04 Å². The number of hydrogen-bond donors (Lipinski definition) is 1. The van der Waals surface area contributed by atoms with Gasteiger partial charge in [0, 0.05) is 5.02 Å². The summed E-state index contributed by atoms with van der Waals surface area (Å²) < 4.78 is 0. The van der Waals surface area contributed by atoms with E-state index in [9.17, 15) is 0 Å². The van der Waals surface area contributed by atoms with Gasteiger partial charge in [-0.3, -0.25) is 0 Å². The molecule has 1 N–H and O–H groups in total. The summed E-state index contributed by atoms with van der Waals surface area (Å²) in [7, 11) is 2.00. The molecule has 2 heteroatoms. The molecule has 1 atom stereocenters. The van der Waals surface area contributed by atoms with E-state index in [0.717, 1.165) is 10.6 Å². The maximum absolute atomic E-state index is 6.22. The highest BCUT2D eigenvalue weighted by molar-refractivity contribution is 6.31. The SMILES string of the molecule is CNC(c1ccc(C(C)C)cc1)c1cc(C)c(Cl)cc1C. The van der Waals surface area contributed by atoms with Crippen molar-refractivity contribution < 1.29 is 0 Å². The average molecular weight is 302 g/mol.